The molecule has 6 nitrogen and oxygen atoms in total. The van der Waals surface area contributed by atoms with Gasteiger partial charge in [0.15, 0.2) is 0 Å². The molecule has 0 saturated carbocycles. The van der Waals surface area contributed by atoms with Crippen LogP contribution in [0.5, 0.6) is 5.75 Å². The van der Waals surface area contributed by atoms with E-state index in [4.69, 9.17) is 5.11 Å². The Balaban J connectivity index is 0.000000211. The molecule has 110 valence electrons. The van der Waals surface area contributed by atoms with Crippen molar-refractivity contribution in [3.8, 4) is 5.75 Å². The predicted molar refractivity (Wildman–Crippen MR) is 75.0 cm³/mol. The Morgan fingerprint density at radius 2 is 1.67 bits per heavy atom. The van der Waals surface area contributed by atoms with Gasteiger partial charge in [-0.05, 0) is 24.3 Å². The Kier molecular flexibility index (Phi) is 6.40. The summed E-state index contributed by atoms with van der Waals surface area (Å²) in [5.74, 6) is -0.935. The lowest BCUT2D eigenvalue weighted by Crippen LogP contribution is -2.00. The predicted octanol–water partition coefficient (Wildman–Crippen LogP) is 2.05. The van der Waals surface area contributed by atoms with Crippen LogP contribution in [0.25, 0.3) is 0 Å². The van der Waals surface area contributed by atoms with Crippen molar-refractivity contribution < 1.29 is 24.2 Å². The molecule has 0 unspecified atom stereocenters. The number of rotatable bonds is 2. The van der Waals surface area contributed by atoms with Gasteiger partial charge in [-0.1, -0.05) is 12.1 Å². The summed E-state index contributed by atoms with van der Waals surface area (Å²) in [6, 6.07) is 9.58. The minimum Gasteiger partial charge on any atom is -0.507 e. The van der Waals surface area contributed by atoms with E-state index in [9.17, 15) is 9.59 Å². The summed E-state index contributed by atoms with van der Waals surface area (Å²) in [7, 11) is 2.62. The second-order valence-electron chi connectivity index (χ2n) is 3.74. The number of nitrogens with zero attached hydrogens (tertiary/aromatic N) is 1. The van der Waals surface area contributed by atoms with Crippen molar-refractivity contribution in [1.29, 1.82) is 0 Å². The zero-order valence-corrected chi connectivity index (χ0v) is 11.6. The number of hydrogen-bond acceptors (Lipinski definition) is 6. The number of hydrogen-bond donors (Lipinski definition) is 1. The largest absolute Gasteiger partial charge is 0.507 e. The van der Waals surface area contributed by atoms with Crippen LogP contribution in [0.15, 0.2) is 48.8 Å². The van der Waals surface area contributed by atoms with Crippen molar-refractivity contribution in [2.45, 2.75) is 0 Å². The van der Waals surface area contributed by atoms with Crippen molar-refractivity contribution in [3.05, 3.63) is 59.9 Å². The third kappa shape index (κ3) is 4.94. The fourth-order valence-electron chi connectivity index (χ4n) is 1.36. The summed E-state index contributed by atoms with van der Waals surface area (Å²) in [4.78, 5) is 25.4. The molecular weight excluding hydrogens is 274 g/mol. The van der Waals surface area contributed by atoms with Gasteiger partial charge < -0.3 is 14.6 Å². The second kappa shape index (κ2) is 8.31. The van der Waals surface area contributed by atoms with Crippen molar-refractivity contribution in [2.75, 3.05) is 14.2 Å². The molecule has 0 fully saturated rings. The Morgan fingerprint density at radius 1 is 1.00 bits per heavy atom. The molecule has 2 rings (SSSR count). The fraction of sp³-hybridized carbons (Fsp3) is 0.133. The highest BCUT2D eigenvalue weighted by molar-refractivity contribution is 5.92. The Labute approximate surface area is 122 Å². The van der Waals surface area contributed by atoms with Gasteiger partial charge in [-0.25, -0.2) is 9.59 Å². The molecular formula is C15H15NO5. The number of esters is 2. The molecule has 0 atom stereocenters. The van der Waals surface area contributed by atoms with Gasteiger partial charge in [-0.2, -0.15) is 0 Å². The van der Waals surface area contributed by atoms with Crippen LogP contribution in [-0.2, 0) is 9.47 Å². The summed E-state index contributed by atoms with van der Waals surface area (Å²) in [6.07, 6.45) is 3.07. The SMILES string of the molecule is COC(=O)c1ccccc1O.COC(=O)c1cccnc1. The monoisotopic (exact) mass is 289 g/mol. The van der Waals surface area contributed by atoms with Gasteiger partial charge in [-0.15, -0.1) is 0 Å². The molecule has 21 heavy (non-hydrogen) atoms. The number of aromatic nitrogens is 1. The summed E-state index contributed by atoms with van der Waals surface area (Å²) in [6.45, 7) is 0. The van der Waals surface area contributed by atoms with Gasteiger partial charge in [0, 0.05) is 12.4 Å². The first-order valence-corrected chi connectivity index (χ1v) is 5.94. The Morgan fingerprint density at radius 3 is 2.19 bits per heavy atom. The third-order valence-electron chi connectivity index (χ3n) is 2.39. The van der Waals surface area contributed by atoms with Crippen LogP contribution in [-0.4, -0.2) is 36.2 Å². The molecule has 0 saturated heterocycles. The molecule has 1 aromatic carbocycles. The first kappa shape index (κ1) is 16.2. The quantitative estimate of drug-likeness (QED) is 0.851. The number of pyridine rings is 1. The van der Waals surface area contributed by atoms with E-state index in [1.807, 2.05) is 0 Å². The average Bonchev–Trinajstić information content (AvgIpc) is 2.55. The molecule has 0 radical (unpaired) electrons. The molecule has 2 aromatic rings. The second-order valence-corrected chi connectivity index (χ2v) is 3.74. The third-order valence-corrected chi connectivity index (χ3v) is 2.39. The highest BCUT2D eigenvalue weighted by atomic mass is 16.5. The van der Waals surface area contributed by atoms with E-state index in [0.717, 1.165) is 0 Å². The topological polar surface area (TPSA) is 85.7 Å². The van der Waals surface area contributed by atoms with Gasteiger partial charge >= 0.3 is 11.9 Å². The zero-order chi connectivity index (χ0) is 15.7. The van der Waals surface area contributed by atoms with Crippen LogP contribution in [0, 0.1) is 0 Å². The lowest BCUT2D eigenvalue weighted by atomic mass is 10.2. The lowest BCUT2D eigenvalue weighted by molar-refractivity contribution is 0.0589. The molecule has 1 heterocycles. The fourth-order valence-corrected chi connectivity index (χ4v) is 1.36. The summed E-state index contributed by atoms with van der Waals surface area (Å²) in [5.41, 5.74) is 0.667. The number of para-hydroxylation sites is 1. The molecule has 0 amide bonds. The lowest BCUT2D eigenvalue weighted by Gasteiger charge is -1.99. The molecule has 6 heteroatoms. The highest BCUT2D eigenvalue weighted by Gasteiger charge is 2.08. The van der Waals surface area contributed by atoms with Gasteiger partial charge in [0.1, 0.15) is 11.3 Å². The number of carbonyl (C=O) groups excluding carboxylic acids is 2. The molecule has 0 aliphatic heterocycles. The van der Waals surface area contributed by atoms with Crippen LogP contribution in [0.1, 0.15) is 20.7 Å². The minimum absolute atomic E-state index is 0.0562. The van der Waals surface area contributed by atoms with Gasteiger partial charge in [0.2, 0.25) is 0 Å². The molecule has 0 spiro atoms. The van der Waals surface area contributed by atoms with Crippen LogP contribution in [0.4, 0.5) is 0 Å². The number of phenolic OH excluding ortho intramolecular Hbond substituents is 1. The normalized spacial score (nSPS) is 9.05. The maximum atomic E-state index is 10.9. The van der Waals surface area contributed by atoms with E-state index in [2.05, 4.69) is 14.5 Å². The molecule has 1 aromatic heterocycles. The summed E-state index contributed by atoms with van der Waals surface area (Å²) in [5, 5.41) is 9.11. The van der Waals surface area contributed by atoms with E-state index < -0.39 is 5.97 Å². The first-order valence-electron chi connectivity index (χ1n) is 5.94. The average molecular weight is 289 g/mol. The van der Waals surface area contributed by atoms with E-state index in [0.29, 0.717) is 5.56 Å². The van der Waals surface area contributed by atoms with Crippen molar-refractivity contribution >= 4 is 11.9 Å². The van der Waals surface area contributed by atoms with Gasteiger partial charge in [0.05, 0.1) is 19.8 Å². The maximum absolute atomic E-state index is 10.9. The molecule has 0 aliphatic carbocycles. The van der Waals surface area contributed by atoms with Gasteiger partial charge in [0.25, 0.3) is 0 Å². The van der Waals surface area contributed by atoms with Crippen LogP contribution >= 0.6 is 0 Å². The van der Waals surface area contributed by atoms with Crippen molar-refractivity contribution in [1.82, 2.24) is 4.98 Å². The molecule has 1 N–H and O–H groups in total. The Bertz CT molecular complexity index is 598. The number of benzene rings is 1. The van der Waals surface area contributed by atoms with Crippen molar-refractivity contribution in [3.63, 3.8) is 0 Å². The molecule has 0 aliphatic rings. The van der Waals surface area contributed by atoms with Crippen molar-refractivity contribution in [2.24, 2.45) is 0 Å². The highest BCUT2D eigenvalue weighted by Crippen LogP contribution is 2.15. The first-order chi connectivity index (χ1) is 10.1. The van der Waals surface area contributed by atoms with Crippen LogP contribution in [0.3, 0.4) is 0 Å². The summed E-state index contributed by atoms with van der Waals surface area (Å²) < 4.78 is 8.88. The van der Waals surface area contributed by atoms with Crippen LogP contribution in [0.2, 0.25) is 0 Å². The van der Waals surface area contributed by atoms with E-state index in [-0.39, 0.29) is 17.3 Å². The minimum atomic E-state index is -0.525. The smallest absolute Gasteiger partial charge is 0.341 e. The number of carbonyl (C=O) groups is 2. The standard InChI is InChI=1S/C8H8O3.C7H7NO2/c1-11-8(10)6-4-2-3-5-7(6)9;1-10-7(9)6-3-2-4-8-5-6/h2-5,9H,1H3;2-5H,1H3. The Hall–Kier alpha value is -2.89. The van der Waals surface area contributed by atoms with E-state index >= 15 is 0 Å². The summed E-state index contributed by atoms with van der Waals surface area (Å²) >= 11 is 0. The maximum Gasteiger partial charge on any atom is 0.341 e. The number of ether oxygens (including phenoxy) is 2. The number of phenols is 1. The number of methoxy groups -OCH3 is 2. The van der Waals surface area contributed by atoms with Crippen LogP contribution < -0.4 is 0 Å². The van der Waals surface area contributed by atoms with E-state index in [1.54, 1.807) is 30.5 Å². The van der Waals surface area contributed by atoms with Gasteiger partial charge in [-0.3, -0.25) is 4.98 Å². The van der Waals surface area contributed by atoms with E-state index in [1.165, 1.54) is 32.5 Å². The molecule has 0 bridgehead atoms. The number of aromatic hydroxyl groups is 1. The zero-order valence-electron chi connectivity index (χ0n) is 11.6.